The van der Waals surface area contributed by atoms with Gasteiger partial charge in [0.15, 0.2) is 6.17 Å². The van der Waals surface area contributed by atoms with Gasteiger partial charge in [-0.25, -0.2) is 27.9 Å². The predicted molar refractivity (Wildman–Crippen MR) is 211 cm³/mol. The second-order valence-corrected chi connectivity index (χ2v) is 15.8. The molecule has 3 aliphatic rings. The van der Waals surface area contributed by atoms with Gasteiger partial charge < -0.3 is 15.1 Å². The summed E-state index contributed by atoms with van der Waals surface area (Å²) in [6, 6.07) is 10.4. The van der Waals surface area contributed by atoms with Crippen molar-refractivity contribution >= 4 is 45.9 Å². The Kier molecular flexibility index (Phi) is 13.0. The molecule has 0 spiro atoms. The molecule has 7 rings (SSSR count). The lowest BCUT2D eigenvalue weighted by Gasteiger charge is -2.41. The van der Waals surface area contributed by atoms with Gasteiger partial charge in [-0.05, 0) is 90.8 Å². The van der Waals surface area contributed by atoms with Crippen LogP contribution in [-0.4, -0.2) is 50.1 Å². The maximum absolute atomic E-state index is 17.3. The topological polar surface area (TPSA) is 99.4 Å². The van der Waals surface area contributed by atoms with Crippen LogP contribution in [0.3, 0.4) is 0 Å². The van der Waals surface area contributed by atoms with Crippen LogP contribution in [0.4, 0.5) is 32.3 Å². The second kappa shape index (κ2) is 16.7. The Morgan fingerprint density at radius 1 is 0.893 bits per heavy atom. The summed E-state index contributed by atoms with van der Waals surface area (Å²) >= 11 is 0. The number of hydrogen-bond donors (Lipinski definition) is 2. The third kappa shape index (κ3) is 9.09. The monoisotopic (exact) mass is 912 g/mol. The molecule has 1 aliphatic heterocycles. The third-order valence-electron chi connectivity index (χ3n) is 11.3. The van der Waals surface area contributed by atoms with Crippen LogP contribution in [-0.2, 0) is 12.6 Å². The largest absolute Gasteiger partial charge is 0.478 e. The number of aliphatic hydroxyl groups is 1. The number of benzene rings is 2. The number of fused-ring (bicyclic) bond motifs is 1. The van der Waals surface area contributed by atoms with Crippen LogP contribution in [0.15, 0.2) is 60.9 Å². The number of rotatable bonds is 7. The molecule has 2 aliphatic carbocycles. The summed E-state index contributed by atoms with van der Waals surface area (Å²) in [6.07, 6.45) is -2.98. The van der Waals surface area contributed by atoms with Crippen LogP contribution in [0.2, 0.25) is 0 Å². The summed E-state index contributed by atoms with van der Waals surface area (Å²) in [5, 5.41) is 21.0. The minimum absolute atomic E-state index is 0. The van der Waals surface area contributed by atoms with Gasteiger partial charge in [-0.2, -0.15) is 13.2 Å². The summed E-state index contributed by atoms with van der Waals surface area (Å²) in [7, 11) is 0. The summed E-state index contributed by atoms with van der Waals surface area (Å²) < 4.78 is 86.8. The van der Waals surface area contributed by atoms with E-state index in [1.807, 2.05) is 18.7 Å². The molecule has 1 saturated carbocycles. The third-order valence-corrected chi connectivity index (χ3v) is 11.3. The summed E-state index contributed by atoms with van der Waals surface area (Å²) in [5.74, 6) is -4.20. The fourth-order valence-electron chi connectivity index (χ4n) is 8.53. The van der Waals surface area contributed by atoms with Crippen molar-refractivity contribution in [1.29, 1.82) is 0 Å². The molecule has 1 unspecified atom stereocenters. The first-order chi connectivity index (χ1) is 25.5. The van der Waals surface area contributed by atoms with Gasteiger partial charge in [0.25, 0.3) is 0 Å². The van der Waals surface area contributed by atoms with E-state index in [1.54, 1.807) is 30.6 Å². The fraction of sp³-hybridized carbons (Fsp3) is 0.463. The van der Waals surface area contributed by atoms with Crippen LogP contribution >= 0.6 is 34.0 Å². The Balaban J connectivity index is 0.00000300. The molecule has 2 fully saturated rings. The Hall–Kier alpha value is -3.56. The number of aromatic carboxylic acids is 1. The molecule has 2 atom stereocenters. The van der Waals surface area contributed by atoms with Gasteiger partial charge in [0.1, 0.15) is 0 Å². The molecule has 3 heterocycles. The number of anilines is 1. The minimum Gasteiger partial charge on any atom is -0.478 e. The average Bonchev–Trinajstić information content (AvgIpc) is 3.13. The van der Waals surface area contributed by atoms with E-state index >= 15 is 4.39 Å². The van der Waals surface area contributed by atoms with Gasteiger partial charge in [0.05, 0.1) is 22.9 Å². The van der Waals surface area contributed by atoms with Crippen molar-refractivity contribution in [2.24, 2.45) is 5.41 Å². The van der Waals surface area contributed by atoms with E-state index in [-0.39, 0.29) is 87.7 Å². The number of alkyl halides is 6. The van der Waals surface area contributed by atoms with Gasteiger partial charge in [0.2, 0.25) is 11.9 Å². The van der Waals surface area contributed by atoms with Gasteiger partial charge in [-0.15, -0.1) is 34.0 Å². The average molecular weight is 915 g/mol. The lowest BCUT2D eigenvalue weighted by molar-refractivity contribution is -0.137. The maximum atomic E-state index is 17.3. The molecule has 0 amide bonds. The highest BCUT2D eigenvalue weighted by molar-refractivity contribution is 8.93. The van der Waals surface area contributed by atoms with Crippen LogP contribution in [0.25, 0.3) is 11.1 Å². The van der Waals surface area contributed by atoms with E-state index in [1.165, 1.54) is 6.07 Å². The van der Waals surface area contributed by atoms with Gasteiger partial charge >= 0.3 is 12.1 Å². The molecular formula is C41H44Br2F6N4O3. The van der Waals surface area contributed by atoms with E-state index in [9.17, 15) is 37.0 Å². The molecule has 56 heavy (non-hydrogen) atoms. The van der Waals surface area contributed by atoms with Crippen molar-refractivity contribution < 1.29 is 41.4 Å². The number of halogens is 8. The van der Waals surface area contributed by atoms with E-state index in [0.29, 0.717) is 78.4 Å². The Morgan fingerprint density at radius 2 is 1.52 bits per heavy atom. The summed E-state index contributed by atoms with van der Waals surface area (Å²) in [4.78, 5) is 27.7. The Morgan fingerprint density at radius 3 is 2.11 bits per heavy atom. The highest BCUT2D eigenvalue weighted by Gasteiger charge is 2.44. The van der Waals surface area contributed by atoms with Gasteiger partial charge in [0, 0.05) is 66.6 Å². The molecule has 2 N–H and O–H groups in total. The zero-order chi connectivity index (χ0) is 38.6. The molecule has 0 bridgehead atoms. The van der Waals surface area contributed by atoms with Crippen molar-refractivity contribution in [3.8, 4) is 11.1 Å². The van der Waals surface area contributed by atoms with Crippen molar-refractivity contribution in [3.05, 3.63) is 106 Å². The molecule has 0 radical (unpaired) electrons. The molecule has 1 saturated heterocycles. The number of aromatic nitrogens is 3. The van der Waals surface area contributed by atoms with Crippen molar-refractivity contribution in [1.82, 2.24) is 15.0 Å². The number of carboxylic acid groups (broad SMARTS) is 1. The second-order valence-electron chi connectivity index (χ2n) is 15.8. The minimum atomic E-state index is -4.61. The zero-order valence-corrected chi connectivity index (χ0v) is 34.3. The molecular weight excluding hydrogens is 870 g/mol. The number of carboxylic acids is 1. The highest BCUT2D eigenvalue weighted by Crippen LogP contribution is 2.52. The number of nitrogens with zero attached hydrogens (tertiary/aromatic N) is 4. The molecule has 302 valence electrons. The smallest absolute Gasteiger partial charge is 0.416 e. The SMILES string of the molecule is Br.Br.CC1(C)Cc2nc(C3CCN(c4ncc(-c5cccc(C(=O)O)c5)cn4)CC3)c(C(F)c3ccc(C(F)(F)F)cc3)c(C3CCC(F)(F)CC3)c2[C@@H](O)C1. The molecule has 2 aromatic carbocycles. The molecule has 4 aromatic rings. The molecule has 15 heteroatoms. The Labute approximate surface area is 342 Å². The van der Waals surface area contributed by atoms with Crippen LogP contribution in [0.5, 0.6) is 0 Å². The van der Waals surface area contributed by atoms with Crippen LogP contribution in [0.1, 0.15) is 132 Å². The molecule has 2 aromatic heterocycles. The van der Waals surface area contributed by atoms with Crippen LogP contribution in [0, 0.1) is 5.41 Å². The number of hydrogen-bond acceptors (Lipinski definition) is 6. The summed E-state index contributed by atoms with van der Waals surface area (Å²) in [6.45, 7) is 4.99. The van der Waals surface area contributed by atoms with E-state index < -0.39 is 41.8 Å². The first-order valence-electron chi connectivity index (χ1n) is 18.3. The number of piperidine rings is 1. The van der Waals surface area contributed by atoms with E-state index in [4.69, 9.17) is 4.98 Å². The lowest BCUT2D eigenvalue weighted by Crippen LogP contribution is -2.36. The quantitative estimate of drug-likeness (QED) is 0.178. The fourth-order valence-corrected chi connectivity index (χ4v) is 8.53. The standard InChI is InChI=1S/C41H42F6N4O3.2BrH/c1-39(2)19-30-33(31(52)20-39)32(23-10-14-40(43,44)15-11-23)34(35(42)24-6-8-29(9-7-24)41(45,46)47)36(50-30)25-12-16-51(17-13-25)38-48-21-28(22-49-38)26-4-3-5-27(18-26)37(53)54;;/h3-9,18,21-23,25,31,35,52H,10-17,19-20H2,1-2H3,(H,53,54);2*1H/t31-,35?;;/m0../s1. The van der Waals surface area contributed by atoms with Crippen LogP contribution < -0.4 is 4.90 Å². The first-order valence-corrected chi connectivity index (χ1v) is 18.3. The van der Waals surface area contributed by atoms with Gasteiger partial charge in [-0.3, -0.25) is 4.98 Å². The normalized spacial score (nSPS) is 20.3. The van der Waals surface area contributed by atoms with Crippen molar-refractivity contribution in [3.63, 3.8) is 0 Å². The first kappa shape index (κ1) is 43.6. The number of aliphatic hydroxyl groups excluding tert-OH is 1. The highest BCUT2D eigenvalue weighted by atomic mass is 79.9. The Bertz CT molecular complexity index is 2010. The zero-order valence-electron chi connectivity index (χ0n) is 30.8. The summed E-state index contributed by atoms with van der Waals surface area (Å²) in [5.41, 5.74) is 2.46. The maximum Gasteiger partial charge on any atom is 0.416 e. The molecule has 7 nitrogen and oxygen atoms in total. The lowest BCUT2D eigenvalue weighted by atomic mass is 9.68. The van der Waals surface area contributed by atoms with E-state index in [2.05, 4.69) is 9.97 Å². The van der Waals surface area contributed by atoms with Crippen molar-refractivity contribution in [2.45, 2.75) is 101 Å². The van der Waals surface area contributed by atoms with Crippen molar-refractivity contribution in [2.75, 3.05) is 18.0 Å². The van der Waals surface area contributed by atoms with E-state index in [0.717, 1.165) is 24.3 Å². The predicted octanol–water partition coefficient (Wildman–Crippen LogP) is 11.2. The van der Waals surface area contributed by atoms with Gasteiger partial charge in [-0.1, -0.05) is 38.1 Å². The number of carbonyl (C=O) groups is 1. The number of pyridine rings is 1.